The molecule has 1 heterocycles. The van der Waals surface area contributed by atoms with Crippen molar-refractivity contribution in [2.75, 3.05) is 5.32 Å². The van der Waals surface area contributed by atoms with Gasteiger partial charge in [0.15, 0.2) is 0 Å². The number of carbonyl (C=O) groups is 1. The summed E-state index contributed by atoms with van der Waals surface area (Å²) >= 11 is 0. The first-order valence-electron chi connectivity index (χ1n) is 8.66. The Morgan fingerprint density at radius 1 is 0.962 bits per heavy atom. The molecule has 3 aromatic rings. The fourth-order valence-corrected chi connectivity index (χ4v) is 2.99. The van der Waals surface area contributed by atoms with Crippen molar-refractivity contribution in [1.29, 1.82) is 0 Å². The molecule has 0 aliphatic carbocycles. The number of pyridine rings is 1. The standard InChI is InChI=1S/C22H23N3O/c1-15-11-16(2)21(17(3)12-15)25-19-9-10-20(23-14-19)22(26)24-13-18-7-5-4-6-8-18/h4-12,14,25H,13H2,1-3H3,(H,24,26). The van der Waals surface area contributed by atoms with Crippen LogP contribution in [0, 0.1) is 20.8 Å². The molecule has 4 nitrogen and oxygen atoms in total. The molecule has 26 heavy (non-hydrogen) atoms. The summed E-state index contributed by atoms with van der Waals surface area (Å²) in [6.45, 7) is 6.75. The van der Waals surface area contributed by atoms with Crippen molar-refractivity contribution in [3.05, 3.63) is 88.7 Å². The van der Waals surface area contributed by atoms with Gasteiger partial charge in [0.2, 0.25) is 0 Å². The highest BCUT2D eigenvalue weighted by Gasteiger charge is 2.08. The zero-order valence-electron chi connectivity index (χ0n) is 15.3. The smallest absolute Gasteiger partial charge is 0.270 e. The topological polar surface area (TPSA) is 54.0 Å². The second-order valence-corrected chi connectivity index (χ2v) is 6.50. The number of carbonyl (C=O) groups excluding carboxylic acids is 1. The van der Waals surface area contributed by atoms with Gasteiger partial charge in [0.05, 0.1) is 11.9 Å². The van der Waals surface area contributed by atoms with E-state index >= 15 is 0 Å². The minimum absolute atomic E-state index is 0.178. The largest absolute Gasteiger partial charge is 0.354 e. The molecular weight excluding hydrogens is 322 g/mol. The lowest BCUT2D eigenvalue weighted by atomic mass is 10.0. The highest BCUT2D eigenvalue weighted by Crippen LogP contribution is 2.25. The molecule has 2 aromatic carbocycles. The van der Waals surface area contributed by atoms with Crippen LogP contribution in [0.3, 0.4) is 0 Å². The summed E-state index contributed by atoms with van der Waals surface area (Å²) in [5, 5.41) is 6.28. The molecule has 0 bridgehead atoms. The van der Waals surface area contributed by atoms with Crippen LogP contribution >= 0.6 is 0 Å². The minimum atomic E-state index is -0.178. The molecule has 0 aliphatic rings. The van der Waals surface area contributed by atoms with E-state index in [9.17, 15) is 4.79 Å². The monoisotopic (exact) mass is 345 g/mol. The average Bonchev–Trinajstić information content (AvgIpc) is 2.64. The van der Waals surface area contributed by atoms with Gasteiger partial charge in [-0.2, -0.15) is 0 Å². The molecule has 4 heteroatoms. The van der Waals surface area contributed by atoms with Crippen molar-refractivity contribution in [2.24, 2.45) is 0 Å². The summed E-state index contributed by atoms with van der Waals surface area (Å²) in [6.07, 6.45) is 1.69. The maximum atomic E-state index is 12.2. The quantitative estimate of drug-likeness (QED) is 0.706. The number of aryl methyl sites for hydroxylation is 3. The number of nitrogens with one attached hydrogen (secondary N) is 2. The third kappa shape index (κ3) is 4.28. The number of nitrogens with zero attached hydrogens (tertiary/aromatic N) is 1. The Morgan fingerprint density at radius 2 is 1.65 bits per heavy atom. The van der Waals surface area contributed by atoms with Gasteiger partial charge in [-0.15, -0.1) is 0 Å². The first-order valence-corrected chi connectivity index (χ1v) is 8.66. The molecule has 0 saturated carbocycles. The van der Waals surface area contributed by atoms with Crippen molar-refractivity contribution in [3.8, 4) is 0 Å². The number of hydrogen-bond donors (Lipinski definition) is 2. The maximum Gasteiger partial charge on any atom is 0.270 e. The minimum Gasteiger partial charge on any atom is -0.354 e. The molecule has 132 valence electrons. The van der Waals surface area contributed by atoms with Gasteiger partial charge in [0, 0.05) is 12.2 Å². The fourth-order valence-electron chi connectivity index (χ4n) is 2.99. The summed E-state index contributed by atoms with van der Waals surface area (Å²) < 4.78 is 0. The van der Waals surface area contributed by atoms with E-state index in [1.54, 1.807) is 12.3 Å². The lowest BCUT2D eigenvalue weighted by Gasteiger charge is -2.14. The first-order chi connectivity index (χ1) is 12.5. The third-order valence-corrected chi connectivity index (χ3v) is 4.24. The van der Waals surface area contributed by atoms with E-state index in [1.807, 2.05) is 36.4 Å². The van der Waals surface area contributed by atoms with Crippen molar-refractivity contribution < 1.29 is 4.79 Å². The average molecular weight is 345 g/mol. The SMILES string of the molecule is Cc1cc(C)c(Nc2ccc(C(=O)NCc3ccccc3)nc2)c(C)c1. The van der Waals surface area contributed by atoms with Crippen LogP contribution in [-0.4, -0.2) is 10.9 Å². The van der Waals surface area contributed by atoms with E-state index in [2.05, 4.69) is 48.5 Å². The highest BCUT2D eigenvalue weighted by molar-refractivity contribution is 5.92. The van der Waals surface area contributed by atoms with Gasteiger partial charge >= 0.3 is 0 Å². The summed E-state index contributed by atoms with van der Waals surface area (Å²) in [7, 11) is 0. The first kappa shape index (κ1) is 17.7. The molecular formula is C22H23N3O. The number of benzene rings is 2. The zero-order chi connectivity index (χ0) is 18.5. The Labute approximate surface area is 154 Å². The van der Waals surface area contributed by atoms with Gasteiger partial charge < -0.3 is 10.6 Å². The molecule has 0 unspecified atom stereocenters. The molecule has 2 N–H and O–H groups in total. The Morgan fingerprint density at radius 3 is 2.27 bits per heavy atom. The second kappa shape index (κ2) is 7.83. The van der Waals surface area contributed by atoms with E-state index in [-0.39, 0.29) is 5.91 Å². The number of anilines is 2. The van der Waals surface area contributed by atoms with Crippen LogP contribution in [0.2, 0.25) is 0 Å². The Bertz CT molecular complexity index is 879. The Kier molecular flexibility index (Phi) is 5.32. The van der Waals surface area contributed by atoms with Crippen molar-refractivity contribution >= 4 is 17.3 Å². The van der Waals surface area contributed by atoms with Crippen LogP contribution < -0.4 is 10.6 Å². The number of amides is 1. The lowest BCUT2D eigenvalue weighted by molar-refractivity contribution is 0.0946. The van der Waals surface area contributed by atoms with Gasteiger partial charge in [0.1, 0.15) is 5.69 Å². The lowest BCUT2D eigenvalue weighted by Crippen LogP contribution is -2.23. The van der Waals surface area contributed by atoms with Crippen LogP contribution in [0.15, 0.2) is 60.8 Å². The summed E-state index contributed by atoms with van der Waals surface area (Å²) in [5.74, 6) is -0.178. The van der Waals surface area contributed by atoms with Crippen LogP contribution in [0.4, 0.5) is 11.4 Å². The van der Waals surface area contributed by atoms with E-state index in [4.69, 9.17) is 0 Å². The molecule has 3 rings (SSSR count). The maximum absolute atomic E-state index is 12.2. The molecule has 0 fully saturated rings. The predicted molar refractivity (Wildman–Crippen MR) is 106 cm³/mol. The van der Waals surface area contributed by atoms with Crippen LogP contribution in [0.1, 0.15) is 32.7 Å². The molecule has 0 saturated heterocycles. The van der Waals surface area contributed by atoms with E-state index < -0.39 is 0 Å². The van der Waals surface area contributed by atoms with Crippen molar-refractivity contribution in [1.82, 2.24) is 10.3 Å². The second-order valence-electron chi connectivity index (χ2n) is 6.50. The van der Waals surface area contributed by atoms with Crippen molar-refractivity contribution in [3.63, 3.8) is 0 Å². The highest BCUT2D eigenvalue weighted by atomic mass is 16.1. The van der Waals surface area contributed by atoms with E-state index in [1.165, 1.54) is 16.7 Å². The summed E-state index contributed by atoms with van der Waals surface area (Å²) in [4.78, 5) is 16.5. The fraction of sp³-hybridized carbons (Fsp3) is 0.182. The molecule has 1 amide bonds. The van der Waals surface area contributed by atoms with Gasteiger partial charge in [-0.25, -0.2) is 4.98 Å². The summed E-state index contributed by atoms with van der Waals surface area (Å²) in [5.41, 5.74) is 7.03. The molecule has 1 aromatic heterocycles. The Hall–Kier alpha value is -3.14. The third-order valence-electron chi connectivity index (χ3n) is 4.24. The van der Waals surface area contributed by atoms with Gasteiger partial charge in [0.25, 0.3) is 5.91 Å². The zero-order valence-corrected chi connectivity index (χ0v) is 15.3. The molecule has 0 radical (unpaired) electrons. The predicted octanol–water partition coefficient (Wildman–Crippen LogP) is 4.68. The molecule has 0 atom stereocenters. The normalized spacial score (nSPS) is 10.4. The van der Waals surface area contributed by atoms with E-state index in [0.29, 0.717) is 12.2 Å². The van der Waals surface area contributed by atoms with Crippen LogP contribution in [0.5, 0.6) is 0 Å². The number of hydrogen-bond acceptors (Lipinski definition) is 3. The number of aromatic nitrogens is 1. The number of rotatable bonds is 5. The van der Waals surface area contributed by atoms with E-state index in [0.717, 1.165) is 16.9 Å². The molecule has 0 aliphatic heterocycles. The van der Waals surface area contributed by atoms with Crippen molar-refractivity contribution in [2.45, 2.75) is 27.3 Å². The van der Waals surface area contributed by atoms with Crippen LogP contribution in [0.25, 0.3) is 0 Å². The van der Waals surface area contributed by atoms with Gasteiger partial charge in [-0.05, 0) is 49.6 Å². The van der Waals surface area contributed by atoms with Crippen LogP contribution in [-0.2, 0) is 6.54 Å². The summed E-state index contributed by atoms with van der Waals surface area (Å²) in [6, 6.07) is 17.7. The molecule has 0 spiro atoms. The van der Waals surface area contributed by atoms with Gasteiger partial charge in [-0.3, -0.25) is 4.79 Å². The Balaban J connectivity index is 1.66. The van der Waals surface area contributed by atoms with Gasteiger partial charge in [-0.1, -0.05) is 48.0 Å².